The van der Waals surface area contributed by atoms with Crippen LogP contribution in [0.4, 0.5) is 5.95 Å². The van der Waals surface area contributed by atoms with Gasteiger partial charge in [-0.05, 0) is 18.4 Å². The lowest BCUT2D eigenvalue weighted by Crippen LogP contribution is -2.36. The molecule has 1 amide bonds. The summed E-state index contributed by atoms with van der Waals surface area (Å²) in [6, 6.07) is 10.0. The molecule has 24 heavy (non-hydrogen) atoms. The second-order valence-corrected chi connectivity index (χ2v) is 6.18. The number of carbonyl (C=O) groups is 1. The van der Waals surface area contributed by atoms with E-state index in [1.54, 1.807) is 0 Å². The van der Waals surface area contributed by atoms with Crippen molar-refractivity contribution in [3.8, 4) is 11.1 Å². The van der Waals surface area contributed by atoms with Crippen molar-refractivity contribution in [1.29, 1.82) is 0 Å². The Bertz CT molecular complexity index is 717. The molecule has 0 radical (unpaired) electrons. The molecule has 1 aliphatic heterocycles. The lowest BCUT2D eigenvalue weighted by Gasteiger charge is -2.26. The molecule has 2 N–H and O–H groups in total. The highest BCUT2D eigenvalue weighted by molar-refractivity contribution is 5.79. The van der Waals surface area contributed by atoms with Gasteiger partial charge in [0.1, 0.15) is 0 Å². The zero-order valence-electron chi connectivity index (χ0n) is 14.1. The minimum Gasteiger partial charge on any atom is -0.347 e. The lowest BCUT2D eigenvalue weighted by atomic mass is 10.00. The maximum Gasteiger partial charge on any atom is 0.236 e. The van der Waals surface area contributed by atoms with Gasteiger partial charge in [-0.3, -0.25) is 4.79 Å². The topological polar surface area (TPSA) is 75.4 Å². The molecular weight excluding hydrogens is 302 g/mol. The summed E-state index contributed by atoms with van der Waals surface area (Å²) in [7, 11) is 3.83. The molecule has 2 heterocycles. The second-order valence-electron chi connectivity index (χ2n) is 6.18. The summed E-state index contributed by atoms with van der Waals surface area (Å²) in [6.07, 6.45) is 3.72. The van der Waals surface area contributed by atoms with E-state index in [1.165, 1.54) is 0 Å². The highest BCUT2D eigenvalue weighted by Gasteiger charge is 2.32. The van der Waals surface area contributed by atoms with Gasteiger partial charge < -0.3 is 15.5 Å². The van der Waals surface area contributed by atoms with Gasteiger partial charge in [-0.25, -0.2) is 9.97 Å². The first-order valence-corrected chi connectivity index (χ1v) is 8.21. The number of amides is 1. The second kappa shape index (κ2) is 6.97. The number of aromatic nitrogens is 2. The number of benzene rings is 1. The van der Waals surface area contributed by atoms with Crippen LogP contribution >= 0.6 is 0 Å². The fourth-order valence-electron chi connectivity index (χ4n) is 3.16. The van der Waals surface area contributed by atoms with Crippen molar-refractivity contribution in [2.75, 3.05) is 32.1 Å². The van der Waals surface area contributed by atoms with E-state index < -0.39 is 0 Å². The highest BCUT2D eigenvalue weighted by Crippen LogP contribution is 2.36. The van der Waals surface area contributed by atoms with E-state index in [0.717, 1.165) is 36.2 Å². The van der Waals surface area contributed by atoms with Crippen LogP contribution in [0.2, 0.25) is 0 Å². The summed E-state index contributed by atoms with van der Waals surface area (Å²) in [5, 5.41) is 0. The molecule has 1 saturated heterocycles. The lowest BCUT2D eigenvalue weighted by molar-refractivity contribution is -0.130. The Kier molecular flexibility index (Phi) is 4.76. The van der Waals surface area contributed by atoms with Gasteiger partial charge in [0.2, 0.25) is 11.9 Å². The SMILES string of the molecule is CN(C)c1ncc(-c2ccccc2)c([C@H]2CCCN2C(=O)CN)n1. The molecule has 6 heteroatoms. The molecule has 6 nitrogen and oxygen atoms in total. The van der Waals surface area contributed by atoms with Crippen LogP contribution in [-0.4, -0.2) is 48.0 Å². The number of carbonyl (C=O) groups excluding carboxylic acids is 1. The smallest absolute Gasteiger partial charge is 0.236 e. The monoisotopic (exact) mass is 325 g/mol. The van der Waals surface area contributed by atoms with Crippen LogP contribution in [0.5, 0.6) is 0 Å². The van der Waals surface area contributed by atoms with Gasteiger partial charge in [-0.15, -0.1) is 0 Å². The summed E-state index contributed by atoms with van der Waals surface area (Å²) in [5.41, 5.74) is 8.52. The Morgan fingerprint density at radius 3 is 2.75 bits per heavy atom. The molecule has 1 aromatic carbocycles. The van der Waals surface area contributed by atoms with Gasteiger partial charge in [0.15, 0.2) is 0 Å². The minimum atomic E-state index is -0.0436. The molecule has 126 valence electrons. The number of nitrogens with two attached hydrogens (primary N) is 1. The van der Waals surface area contributed by atoms with Crippen LogP contribution in [0.25, 0.3) is 11.1 Å². The average molecular weight is 325 g/mol. The van der Waals surface area contributed by atoms with E-state index in [1.807, 2.05) is 60.4 Å². The molecule has 1 atom stereocenters. The van der Waals surface area contributed by atoms with Crippen molar-refractivity contribution in [1.82, 2.24) is 14.9 Å². The highest BCUT2D eigenvalue weighted by atomic mass is 16.2. The standard InChI is InChI=1S/C18H23N5O/c1-22(2)18-20-12-14(13-7-4-3-5-8-13)17(21-18)15-9-6-10-23(15)16(24)11-19/h3-5,7-8,12,15H,6,9-11,19H2,1-2H3/t15-/m1/s1. The van der Waals surface area contributed by atoms with E-state index in [9.17, 15) is 4.79 Å². The van der Waals surface area contributed by atoms with Crippen molar-refractivity contribution in [3.63, 3.8) is 0 Å². The molecule has 0 aliphatic carbocycles. The summed E-state index contributed by atoms with van der Waals surface area (Å²) in [6.45, 7) is 0.763. The third-order valence-electron chi connectivity index (χ3n) is 4.35. The Morgan fingerprint density at radius 2 is 2.08 bits per heavy atom. The molecule has 2 aromatic rings. The van der Waals surface area contributed by atoms with E-state index in [2.05, 4.69) is 4.98 Å². The third-order valence-corrected chi connectivity index (χ3v) is 4.35. The van der Waals surface area contributed by atoms with Crippen molar-refractivity contribution in [2.24, 2.45) is 5.73 Å². The van der Waals surface area contributed by atoms with Crippen molar-refractivity contribution >= 4 is 11.9 Å². The minimum absolute atomic E-state index is 0.0264. The summed E-state index contributed by atoms with van der Waals surface area (Å²) in [4.78, 5) is 25.2. The summed E-state index contributed by atoms with van der Waals surface area (Å²) in [5.74, 6) is 0.623. The predicted octanol–water partition coefficient (Wildman–Crippen LogP) is 1.83. The molecule has 0 saturated carbocycles. The molecular formula is C18H23N5O. The van der Waals surface area contributed by atoms with Gasteiger partial charge in [-0.1, -0.05) is 30.3 Å². The zero-order chi connectivity index (χ0) is 17.1. The van der Waals surface area contributed by atoms with Crippen LogP contribution in [-0.2, 0) is 4.79 Å². The number of rotatable bonds is 4. The van der Waals surface area contributed by atoms with Gasteiger partial charge in [0, 0.05) is 32.4 Å². The average Bonchev–Trinajstić information content (AvgIpc) is 3.10. The maximum absolute atomic E-state index is 12.2. The number of hydrogen-bond acceptors (Lipinski definition) is 5. The van der Waals surface area contributed by atoms with Gasteiger partial charge in [0.25, 0.3) is 0 Å². The molecule has 3 rings (SSSR count). The quantitative estimate of drug-likeness (QED) is 0.928. The molecule has 0 spiro atoms. The number of anilines is 1. The molecule has 0 unspecified atom stereocenters. The normalized spacial score (nSPS) is 17.1. The number of hydrogen-bond donors (Lipinski definition) is 1. The van der Waals surface area contributed by atoms with Gasteiger partial charge >= 0.3 is 0 Å². The number of nitrogens with zero attached hydrogens (tertiary/aromatic N) is 4. The third kappa shape index (κ3) is 3.10. The van der Waals surface area contributed by atoms with Gasteiger partial charge in [0.05, 0.1) is 18.3 Å². The Balaban J connectivity index is 2.09. The summed E-state index contributed by atoms with van der Waals surface area (Å²) >= 11 is 0. The van der Waals surface area contributed by atoms with Crippen molar-refractivity contribution < 1.29 is 4.79 Å². The van der Waals surface area contributed by atoms with Crippen LogP contribution in [0.3, 0.4) is 0 Å². The van der Waals surface area contributed by atoms with Crippen molar-refractivity contribution in [2.45, 2.75) is 18.9 Å². The van der Waals surface area contributed by atoms with E-state index in [0.29, 0.717) is 5.95 Å². The van der Waals surface area contributed by atoms with Gasteiger partial charge in [-0.2, -0.15) is 0 Å². The predicted molar refractivity (Wildman–Crippen MR) is 94.5 cm³/mol. The van der Waals surface area contributed by atoms with Crippen LogP contribution in [0.1, 0.15) is 24.6 Å². The number of likely N-dealkylation sites (tertiary alicyclic amines) is 1. The van der Waals surface area contributed by atoms with Crippen molar-refractivity contribution in [3.05, 3.63) is 42.2 Å². The van der Waals surface area contributed by atoms with E-state index in [-0.39, 0.29) is 18.5 Å². The zero-order valence-corrected chi connectivity index (χ0v) is 14.1. The first-order valence-electron chi connectivity index (χ1n) is 8.21. The molecule has 1 aliphatic rings. The van der Waals surface area contributed by atoms with E-state index >= 15 is 0 Å². The summed E-state index contributed by atoms with van der Waals surface area (Å²) < 4.78 is 0. The molecule has 0 bridgehead atoms. The first-order chi connectivity index (χ1) is 11.6. The molecule has 1 fully saturated rings. The Morgan fingerprint density at radius 1 is 1.33 bits per heavy atom. The van der Waals surface area contributed by atoms with Crippen LogP contribution in [0, 0.1) is 0 Å². The fourth-order valence-corrected chi connectivity index (χ4v) is 3.16. The van der Waals surface area contributed by atoms with Crippen LogP contribution in [0.15, 0.2) is 36.5 Å². The Labute approximate surface area is 142 Å². The first kappa shape index (κ1) is 16.4. The largest absolute Gasteiger partial charge is 0.347 e. The van der Waals surface area contributed by atoms with E-state index in [4.69, 9.17) is 10.7 Å². The molecule has 1 aromatic heterocycles. The Hall–Kier alpha value is -2.47. The fraction of sp³-hybridized carbons (Fsp3) is 0.389. The van der Waals surface area contributed by atoms with Crippen LogP contribution < -0.4 is 10.6 Å². The maximum atomic E-state index is 12.2.